The van der Waals surface area contributed by atoms with Crippen molar-refractivity contribution >= 4 is 17.3 Å². The highest BCUT2D eigenvalue weighted by molar-refractivity contribution is 6.31. The maximum Gasteiger partial charge on any atom is 0.0471 e. The summed E-state index contributed by atoms with van der Waals surface area (Å²) in [5, 5.41) is 3.99. The molecular weight excluding hydrogens is 232 g/mol. The summed E-state index contributed by atoms with van der Waals surface area (Å²) in [5.41, 5.74) is 2.42. The van der Waals surface area contributed by atoms with E-state index in [4.69, 9.17) is 11.6 Å². The van der Waals surface area contributed by atoms with Gasteiger partial charge < -0.3 is 10.2 Å². The molecule has 0 aromatic heterocycles. The number of anilines is 1. The lowest BCUT2D eigenvalue weighted by atomic mass is 10.0. The first kappa shape index (κ1) is 12.7. The lowest BCUT2D eigenvalue weighted by Gasteiger charge is -2.19. The Kier molecular flexibility index (Phi) is 3.95. The van der Waals surface area contributed by atoms with Crippen LogP contribution in [0.3, 0.4) is 0 Å². The molecule has 0 aliphatic carbocycles. The molecule has 2 atom stereocenters. The molecule has 17 heavy (non-hydrogen) atoms. The number of benzene rings is 1. The summed E-state index contributed by atoms with van der Waals surface area (Å²) in [4.78, 5) is 2.43. The lowest BCUT2D eigenvalue weighted by Crippen LogP contribution is -2.19. The van der Waals surface area contributed by atoms with Crippen molar-refractivity contribution < 1.29 is 0 Å². The summed E-state index contributed by atoms with van der Waals surface area (Å²) >= 11 is 6.29. The zero-order valence-corrected chi connectivity index (χ0v) is 11.6. The number of hydrogen-bond donors (Lipinski definition) is 1. The van der Waals surface area contributed by atoms with Crippen LogP contribution >= 0.6 is 11.6 Å². The van der Waals surface area contributed by atoms with Crippen LogP contribution in [0.4, 0.5) is 5.69 Å². The van der Waals surface area contributed by atoms with Crippen LogP contribution < -0.4 is 10.2 Å². The van der Waals surface area contributed by atoms with Gasteiger partial charge in [-0.1, -0.05) is 31.5 Å². The standard InChI is InChI=1S/C14H21ClN2/c1-10-8-17(9-11(10)2)13-5-4-12(7-16-3)14(15)6-13/h4-6,10-11,16H,7-9H2,1-3H3. The van der Waals surface area contributed by atoms with E-state index in [2.05, 4.69) is 42.3 Å². The van der Waals surface area contributed by atoms with Gasteiger partial charge in [0.05, 0.1) is 0 Å². The minimum atomic E-state index is 0.769. The largest absolute Gasteiger partial charge is 0.371 e. The molecule has 2 rings (SSSR count). The molecule has 2 unspecified atom stereocenters. The molecule has 2 nitrogen and oxygen atoms in total. The van der Waals surface area contributed by atoms with Crippen LogP contribution in [-0.4, -0.2) is 20.1 Å². The van der Waals surface area contributed by atoms with Crippen molar-refractivity contribution in [2.75, 3.05) is 25.0 Å². The van der Waals surface area contributed by atoms with Crippen LogP contribution in [0.25, 0.3) is 0 Å². The molecule has 3 heteroatoms. The molecule has 1 fully saturated rings. The molecule has 1 heterocycles. The molecule has 0 amide bonds. The molecule has 1 saturated heterocycles. The summed E-state index contributed by atoms with van der Waals surface area (Å²) in [6, 6.07) is 6.41. The molecular formula is C14H21ClN2. The maximum absolute atomic E-state index is 6.29. The van der Waals surface area contributed by atoms with Gasteiger partial charge in [-0.2, -0.15) is 0 Å². The summed E-state index contributed by atoms with van der Waals surface area (Å²) in [7, 11) is 1.94. The molecule has 0 spiro atoms. The Bertz CT molecular complexity index is 382. The first-order valence-electron chi connectivity index (χ1n) is 6.29. The molecule has 1 N–H and O–H groups in total. The van der Waals surface area contributed by atoms with Crippen LogP contribution in [-0.2, 0) is 6.54 Å². The van der Waals surface area contributed by atoms with Crippen LogP contribution in [0.15, 0.2) is 18.2 Å². The van der Waals surface area contributed by atoms with Crippen molar-refractivity contribution in [1.82, 2.24) is 5.32 Å². The van der Waals surface area contributed by atoms with Gasteiger partial charge in [0.1, 0.15) is 0 Å². The summed E-state index contributed by atoms with van der Waals surface area (Å²) < 4.78 is 0. The van der Waals surface area contributed by atoms with Crippen LogP contribution in [0, 0.1) is 11.8 Å². The molecule has 1 aliphatic rings. The molecule has 1 aliphatic heterocycles. The second-order valence-electron chi connectivity index (χ2n) is 5.17. The van der Waals surface area contributed by atoms with E-state index in [0.717, 1.165) is 36.5 Å². The average molecular weight is 253 g/mol. The van der Waals surface area contributed by atoms with Crippen LogP contribution in [0.2, 0.25) is 5.02 Å². The van der Waals surface area contributed by atoms with Crippen molar-refractivity contribution in [2.45, 2.75) is 20.4 Å². The Hall–Kier alpha value is -0.730. The van der Waals surface area contributed by atoms with Crippen molar-refractivity contribution in [1.29, 1.82) is 0 Å². The Labute approximate surface area is 109 Å². The van der Waals surface area contributed by atoms with Gasteiger partial charge in [-0.3, -0.25) is 0 Å². The topological polar surface area (TPSA) is 15.3 Å². The van der Waals surface area contributed by atoms with Gasteiger partial charge in [0.2, 0.25) is 0 Å². The van der Waals surface area contributed by atoms with Gasteiger partial charge in [-0.15, -0.1) is 0 Å². The second kappa shape index (κ2) is 5.28. The zero-order chi connectivity index (χ0) is 12.4. The van der Waals surface area contributed by atoms with Gasteiger partial charge in [-0.05, 0) is 36.6 Å². The molecule has 0 bridgehead atoms. The van der Waals surface area contributed by atoms with E-state index in [9.17, 15) is 0 Å². The zero-order valence-electron chi connectivity index (χ0n) is 10.8. The predicted octanol–water partition coefficient (Wildman–Crippen LogP) is 3.15. The minimum Gasteiger partial charge on any atom is -0.371 e. The maximum atomic E-state index is 6.29. The molecule has 1 aromatic carbocycles. The molecule has 0 radical (unpaired) electrons. The fraction of sp³-hybridized carbons (Fsp3) is 0.571. The van der Waals surface area contributed by atoms with Crippen molar-refractivity contribution in [2.24, 2.45) is 11.8 Å². The van der Waals surface area contributed by atoms with Gasteiger partial charge in [0.15, 0.2) is 0 Å². The van der Waals surface area contributed by atoms with Crippen molar-refractivity contribution in [3.05, 3.63) is 28.8 Å². The fourth-order valence-corrected chi connectivity index (χ4v) is 2.65. The number of rotatable bonds is 3. The van der Waals surface area contributed by atoms with E-state index in [0.29, 0.717) is 0 Å². The van der Waals surface area contributed by atoms with Crippen molar-refractivity contribution in [3.63, 3.8) is 0 Å². The van der Waals surface area contributed by atoms with E-state index >= 15 is 0 Å². The Morgan fingerprint density at radius 3 is 2.47 bits per heavy atom. The summed E-state index contributed by atoms with van der Waals surface area (Å²) in [5.74, 6) is 1.54. The summed E-state index contributed by atoms with van der Waals surface area (Å²) in [6.07, 6.45) is 0. The number of nitrogens with zero attached hydrogens (tertiary/aromatic N) is 1. The first-order valence-corrected chi connectivity index (χ1v) is 6.67. The Morgan fingerprint density at radius 2 is 1.94 bits per heavy atom. The number of hydrogen-bond acceptors (Lipinski definition) is 2. The third kappa shape index (κ3) is 2.75. The highest BCUT2D eigenvalue weighted by Crippen LogP contribution is 2.30. The lowest BCUT2D eigenvalue weighted by molar-refractivity contribution is 0.494. The first-order chi connectivity index (χ1) is 8.11. The highest BCUT2D eigenvalue weighted by atomic mass is 35.5. The van der Waals surface area contributed by atoms with Crippen LogP contribution in [0.5, 0.6) is 0 Å². The van der Waals surface area contributed by atoms with Crippen molar-refractivity contribution in [3.8, 4) is 0 Å². The Balaban J connectivity index is 2.15. The van der Waals surface area contributed by atoms with Gasteiger partial charge in [0.25, 0.3) is 0 Å². The van der Waals surface area contributed by atoms with Crippen LogP contribution in [0.1, 0.15) is 19.4 Å². The summed E-state index contributed by atoms with van der Waals surface area (Å²) in [6.45, 7) is 7.75. The predicted molar refractivity (Wildman–Crippen MR) is 74.8 cm³/mol. The monoisotopic (exact) mass is 252 g/mol. The quantitative estimate of drug-likeness (QED) is 0.889. The van der Waals surface area contributed by atoms with Gasteiger partial charge in [-0.25, -0.2) is 0 Å². The van der Waals surface area contributed by atoms with E-state index < -0.39 is 0 Å². The van der Waals surface area contributed by atoms with E-state index in [-0.39, 0.29) is 0 Å². The third-order valence-corrected chi connectivity index (χ3v) is 4.11. The van der Waals surface area contributed by atoms with E-state index in [1.165, 1.54) is 11.3 Å². The number of halogens is 1. The Morgan fingerprint density at radius 1 is 1.29 bits per heavy atom. The van der Waals surface area contributed by atoms with Gasteiger partial charge >= 0.3 is 0 Å². The fourth-order valence-electron chi connectivity index (χ4n) is 2.41. The molecule has 94 valence electrons. The van der Waals surface area contributed by atoms with E-state index in [1.807, 2.05) is 7.05 Å². The van der Waals surface area contributed by atoms with Gasteiger partial charge in [0, 0.05) is 30.3 Å². The smallest absolute Gasteiger partial charge is 0.0471 e. The SMILES string of the molecule is CNCc1ccc(N2CC(C)C(C)C2)cc1Cl. The van der Waals surface area contributed by atoms with E-state index in [1.54, 1.807) is 0 Å². The number of nitrogens with one attached hydrogen (secondary N) is 1. The molecule has 0 saturated carbocycles. The average Bonchev–Trinajstić information content (AvgIpc) is 2.62. The minimum absolute atomic E-state index is 0.769. The molecule has 1 aromatic rings. The highest BCUT2D eigenvalue weighted by Gasteiger charge is 2.26. The second-order valence-corrected chi connectivity index (χ2v) is 5.57. The third-order valence-electron chi connectivity index (χ3n) is 3.76. The normalized spacial score (nSPS) is 24.4.